The topological polar surface area (TPSA) is 76.1 Å². The summed E-state index contributed by atoms with van der Waals surface area (Å²) in [5.41, 5.74) is 2.29. The molecule has 7 heteroatoms. The van der Waals surface area contributed by atoms with E-state index in [9.17, 15) is 0 Å². The Balaban J connectivity index is 1.48. The number of benzene rings is 1. The number of rotatable bonds is 6. The molecule has 0 bridgehead atoms. The number of hydrogen-bond acceptors (Lipinski definition) is 7. The number of likely N-dealkylation sites (tertiary alicyclic amines) is 1. The van der Waals surface area contributed by atoms with Gasteiger partial charge in [0.05, 0.1) is 18.8 Å². The molecule has 1 aliphatic rings. The third-order valence-electron chi connectivity index (χ3n) is 4.72. The maximum absolute atomic E-state index is 5.24. The van der Waals surface area contributed by atoms with Gasteiger partial charge in [-0.25, -0.2) is 19.9 Å². The fourth-order valence-corrected chi connectivity index (χ4v) is 3.40. The summed E-state index contributed by atoms with van der Waals surface area (Å²) in [6, 6.07) is 12.3. The van der Waals surface area contributed by atoms with Crippen LogP contribution in [0.2, 0.25) is 0 Å². The molecule has 4 rings (SSSR count). The van der Waals surface area contributed by atoms with Crippen molar-refractivity contribution in [1.82, 2.24) is 24.8 Å². The molecular formula is C20H22N6O. The summed E-state index contributed by atoms with van der Waals surface area (Å²) in [5, 5.41) is 3.07. The van der Waals surface area contributed by atoms with Crippen molar-refractivity contribution in [3.05, 3.63) is 66.2 Å². The summed E-state index contributed by atoms with van der Waals surface area (Å²) in [4.78, 5) is 19.8. The van der Waals surface area contributed by atoms with Crippen molar-refractivity contribution in [1.29, 1.82) is 0 Å². The van der Waals surface area contributed by atoms with Gasteiger partial charge in [-0.05, 0) is 49.2 Å². The Labute approximate surface area is 158 Å². The Hall–Kier alpha value is -3.06. The van der Waals surface area contributed by atoms with Crippen LogP contribution in [0.5, 0.6) is 5.75 Å². The first kappa shape index (κ1) is 17.4. The van der Waals surface area contributed by atoms with Gasteiger partial charge in [0.1, 0.15) is 5.75 Å². The first-order chi connectivity index (χ1) is 13.3. The van der Waals surface area contributed by atoms with Gasteiger partial charge in [-0.15, -0.1) is 0 Å². The van der Waals surface area contributed by atoms with Crippen LogP contribution in [0.15, 0.2) is 55.0 Å². The molecule has 0 amide bonds. The predicted molar refractivity (Wildman–Crippen MR) is 103 cm³/mol. The molecule has 0 spiro atoms. The highest BCUT2D eigenvalue weighted by Crippen LogP contribution is 2.32. The van der Waals surface area contributed by atoms with E-state index in [4.69, 9.17) is 9.72 Å². The number of hydrogen-bond donors (Lipinski definition) is 1. The molecule has 27 heavy (non-hydrogen) atoms. The van der Waals surface area contributed by atoms with Crippen molar-refractivity contribution in [2.24, 2.45) is 0 Å². The van der Waals surface area contributed by atoms with Gasteiger partial charge >= 0.3 is 0 Å². The van der Waals surface area contributed by atoms with Gasteiger partial charge < -0.3 is 4.74 Å². The van der Waals surface area contributed by atoms with Gasteiger partial charge in [0.15, 0.2) is 0 Å². The average Bonchev–Trinajstić information content (AvgIpc) is 3.18. The maximum Gasteiger partial charge on any atom is 0.229 e. The third kappa shape index (κ3) is 4.20. The Morgan fingerprint density at radius 2 is 1.81 bits per heavy atom. The molecule has 7 nitrogen and oxygen atoms in total. The Bertz CT molecular complexity index is 871. The molecule has 1 fully saturated rings. The van der Waals surface area contributed by atoms with E-state index < -0.39 is 0 Å². The van der Waals surface area contributed by atoms with Crippen molar-refractivity contribution < 1.29 is 4.74 Å². The second kappa shape index (κ2) is 8.09. The van der Waals surface area contributed by atoms with Crippen LogP contribution in [0.25, 0.3) is 0 Å². The Morgan fingerprint density at radius 3 is 2.59 bits per heavy atom. The van der Waals surface area contributed by atoms with Crippen molar-refractivity contribution in [3.63, 3.8) is 0 Å². The molecule has 1 N–H and O–H groups in total. The van der Waals surface area contributed by atoms with Crippen LogP contribution in [0.1, 0.15) is 30.1 Å². The predicted octanol–water partition coefficient (Wildman–Crippen LogP) is 3.36. The monoisotopic (exact) mass is 362 g/mol. The van der Waals surface area contributed by atoms with Crippen molar-refractivity contribution >= 4 is 11.9 Å². The van der Waals surface area contributed by atoms with E-state index in [-0.39, 0.29) is 6.04 Å². The minimum absolute atomic E-state index is 0.285. The minimum atomic E-state index is 0.285. The van der Waals surface area contributed by atoms with Gasteiger partial charge in [-0.1, -0.05) is 12.1 Å². The highest BCUT2D eigenvalue weighted by atomic mass is 16.5. The van der Waals surface area contributed by atoms with E-state index in [1.54, 1.807) is 31.8 Å². The maximum atomic E-state index is 5.24. The molecule has 1 aromatic carbocycles. The van der Waals surface area contributed by atoms with Gasteiger partial charge in [-0.2, -0.15) is 0 Å². The summed E-state index contributed by atoms with van der Waals surface area (Å²) in [7, 11) is 1.69. The van der Waals surface area contributed by atoms with E-state index >= 15 is 0 Å². The van der Waals surface area contributed by atoms with Gasteiger partial charge in [-0.3, -0.25) is 10.2 Å². The average molecular weight is 362 g/mol. The van der Waals surface area contributed by atoms with E-state index in [2.05, 4.69) is 37.3 Å². The van der Waals surface area contributed by atoms with Crippen LogP contribution in [-0.4, -0.2) is 38.5 Å². The molecule has 1 saturated heterocycles. The highest BCUT2D eigenvalue weighted by Gasteiger charge is 2.27. The Kier molecular flexibility index (Phi) is 5.20. The van der Waals surface area contributed by atoms with Crippen LogP contribution < -0.4 is 10.1 Å². The summed E-state index contributed by atoms with van der Waals surface area (Å²) in [5.74, 6) is 1.90. The van der Waals surface area contributed by atoms with Crippen molar-refractivity contribution in [2.45, 2.75) is 25.4 Å². The molecule has 3 aromatic rings. The lowest BCUT2D eigenvalue weighted by Gasteiger charge is -2.24. The molecule has 1 aliphatic heterocycles. The fourth-order valence-electron chi connectivity index (χ4n) is 3.40. The van der Waals surface area contributed by atoms with E-state index in [0.717, 1.165) is 37.4 Å². The zero-order valence-corrected chi connectivity index (χ0v) is 15.2. The van der Waals surface area contributed by atoms with E-state index in [1.165, 1.54) is 5.56 Å². The smallest absolute Gasteiger partial charge is 0.229 e. The van der Waals surface area contributed by atoms with Crippen LogP contribution in [0.3, 0.4) is 0 Å². The van der Waals surface area contributed by atoms with Gasteiger partial charge in [0, 0.05) is 25.1 Å². The third-order valence-corrected chi connectivity index (χ3v) is 4.72. The first-order valence-corrected chi connectivity index (χ1v) is 9.06. The number of nitrogens with zero attached hydrogens (tertiary/aromatic N) is 5. The van der Waals surface area contributed by atoms with Crippen LogP contribution in [-0.2, 0) is 6.54 Å². The summed E-state index contributed by atoms with van der Waals surface area (Å²) in [6.07, 6.45) is 7.42. The molecule has 138 valence electrons. The number of anilines is 2. The second-order valence-electron chi connectivity index (χ2n) is 6.48. The quantitative estimate of drug-likeness (QED) is 0.720. The molecule has 1 atom stereocenters. The lowest BCUT2D eigenvalue weighted by Crippen LogP contribution is -2.23. The van der Waals surface area contributed by atoms with Crippen LogP contribution in [0, 0.1) is 0 Å². The molecule has 0 radical (unpaired) electrons. The zero-order valence-electron chi connectivity index (χ0n) is 15.2. The standard InChI is InChI=1S/C20H22N6O/c1-27-16-7-5-15(6-8-16)14-26-13-2-4-18(26)17-9-12-23-20(24-17)25-19-21-10-3-11-22-19/h3,5-12,18H,2,4,13-14H2,1H3,(H,21,22,23,24,25)/t18-/m1/s1. The SMILES string of the molecule is COc1ccc(CN2CCC[C@@H]2c2ccnc(Nc3ncccn3)n2)cc1. The van der Waals surface area contributed by atoms with Crippen LogP contribution >= 0.6 is 0 Å². The molecular weight excluding hydrogens is 340 g/mol. The number of ether oxygens (including phenoxy) is 1. The molecule has 0 unspecified atom stereocenters. The zero-order chi connectivity index (χ0) is 18.5. The normalized spacial score (nSPS) is 17.0. The number of nitrogens with one attached hydrogen (secondary N) is 1. The van der Waals surface area contributed by atoms with Crippen LogP contribution in [0.4, 0.5) is 11.9 Å². The molecule has 3 heterocycles. The fraction of sp³-hybridized carbons (Fsp3) is 0.300. The molecule has 0 saturated carbocycles. The summed E-state index contributed by atoms with van der Waals surface area (Å²) >= 11 is 0. The lowest BCUT2D eigenvalue weighted by molar-refractivity contribution is 0.244. The molecule has 0 aliphatic carbocycles. The van der Waals surface area contributed by atoms with Crippen molar-refractivity contribution in [2.75, 3.05) is 19.0 Å². The lowest BCUT2D eigenvalue weighted by atomic mass is 10.1. The van der Waals surface area contributed by atoms with Crippen molar-refractivity contribution in [3.8, 4) is 5.75 Å². The van der Waals surface area contributed by atoms with Gasteiger partial charge in [0.25, 0.3) is 0 Å². The van der Waals surface area contributed by atoms with Gasteiger partial charge in [0.2, 0.25) is 11.9 Å². The minimum Gasteiger partial charge on any atom is -0.497 e. The number of aromatic nitrogens is 4. The highest BCUT2D eigenvalue weighted by molar-refractivity contribution is 5.41. The largest absolute Gasteiger partial charge is 0.497 e. The Morgan fingerprint density at radius 1 is 1.04 bits per heavy atom. The molecule has 2 aromatic heterocycles. The number of methoxy groups -OCH3 is 1. The second-order valence-corrected chi connectivity index (χ2v) is 6.48. The van der Waals surface area contributed by atoms with E-state index in [0.29, 0.717) is 11.9 Å². The summed E-state index contributed by atoms with van der Waals surface area (Å²) < 4.78 is 5.24. The first-order valence-electron chi connectivity index (χ1n) is 9.06. The summed E-state index contributed by atoms with van der Waals surface area (Å²) in [6.45, 7) is 1.95. The van der Waals surface area contributed by atoms with E-state index in [1.807, 2.05) is 18.2 Å².